The molecular formula is C28H29NO3. The van der Waals surface area contributed by atoms with Gasteiger partial charge in [0.25, 0.3) is 0 Å². The average molecular weight is 428 g/mol. The smallest absolute Gasteiger partial charge is 0.335 e. The second kappa shape index (κ2) is 11.2. The number of aromatic carboxylic acids is 1. The van der Waals surface area contributed by atoms with Gasteiger partial charge in [0.05, 0.1) is 5.56 Å². The standard InChI is InChI=1S/C28H29NO3/c1-2-3-4-5-9-19-28(21-29,32-26-17-15-23(16-18-26)27(30)31)25-14-10-13-24(20-25)22-11-7-6-8-12-22/h6-8,10-18,20H,2-5,9,19H2,1H3,(H,30,31). The summed E-state index contributed by atoms with van der Waals surface area (Å²) in [6.07, 6.45) is 5.95. The third-order valence-electron chi connectivity index (χ3n) is 5.64. The molecule has 0 aliphatic heterocycles. The number of unbranched alkanes of at least 4 members (excludes halogenated alkanes) is 4. The van der Waals surface area contributed by atoms with Crippen LogP contribution in [0.3, 0.4) is 0 Å². The van der Waals surface area contributed by atoms with Crippen LogP contribution < -0.4 is 4.74 Å². The van der Waals surface area contributed by atoms with Crippen molar-refractivity contribution in [1.29, 1.82) is 5.26 Å². The van der Waals surface area contributed by atoms with Crippen LogP contribution in [0.5, 0.6) is 5.75 Å². The lowest BCUT2D eigenvalue weighted by atomic mass is 9.87. The van der Waals surface area contributed by atoms with Gasteiger partial charge in [-0.25, -0.2) is 4.79 Å². The molecule has 3 aromatic rings. The zero-order chi connectivity index (χ0) is 22.8. The number of carbonyl (C=O) groups is 1. The molecule has 1 N–H and O–H groups in total. The summed E-state index contributed by atoms with van der Waals surface area (Å²) in [5.74, 6) is -0.509. The van der Waals surface area contributed by atoms with Gasteiger partial charge in [0.1, 0.15) is 11.8 Å². The monoisotopic (exact) mass is 427 g/mol. The molecule has 0 radical (unpaired) electrons. The molecule has 3 rings (SSSR count). The first-order chi connectivity index (χ1) is 15.6. The lowest BCUT2D eigenvalue weighted by Gasteiger charge is -2.29. The molecule has 0 heterocycles. The Bertz CT molecular complexity index is 1050. The first-order valence-electron chi connectivity index (χ1n) is 11.2. The van der Waals surface area contributed by atoms with Crippen LogP contribution in [0.15, 0.2) is 78.9 Å². The highest BCUT2D eigenvalue weighted by molar-refractivity contribution is 5.87. The van der Waals surface area contributed by atoms with E-state index in [1.165, 1.54) is 18.6 Å². The molecule has 0 aliphatic carbocycles. The van der Waals surface area contributed by atoms with E-state index in [1.807, 2.05) is 54.6 Å². The van der Waals surface area contributed by atoms with Gasteiger partial charge in [-0.1, -0.05) is 81.1 Å². The molecule has 0 amide bonds. The predicted molar refractivity (Wildman–Crippen MR) is 127 cm³/mol. The lowest BCUT2D eigenvalue weighted by molar-refractivity contribution is 0.0696. The van der Waals surface area contributed by atoms with Gasteiger partial charge in [-0.2, -0.15) is 5.26 Å². The van der Waals surface area contributed by atoms with Crippen LogP contribution in [-0.2, 0) is 5.60 Å². The maximum atomic E-state index is 11.2. The average Bonchev–Trinajstić information content (AvgIpc) is 2.84. The van der Waals surface area contributed by atoms with Crippen LogP contribution in [0.2, 0.25) is 0 Å². The molecular weight excluding hydrogens is 398 g/mol. The number of nitriles is 1. The number of hydrogen-bond donors (Lipinski definition) is 1. The van der Waals surface area contributed by atoms with Crippen LogP contribution in [-0.4, -0.2) is 11.1 Å². The molecule has 0 fully saturated rings. The summed E-state index contributed by atoms with van der Waals surface area (Å²) in [5, 5.41) is 19.5. The number of carboxylic acids is 1. The summed E-state index contributed by atoms with van der Waals surface area (Å²) in [7, 11) is 0. The van der Waals surface area contributed by atoms with E-state index in [0.29, 0.717) is 12.2 Å². The minimum Gasteiger partial charge on any atom is -0.478 e. The molecule has 1 atom stereocenters. The number of benzene rings is 3. The first kappa shape index (κ1) is 23.1. The zero-order valence-electron chi connectivity index (χ0n) is 18.5. The number of hydrogen-bond acceptors (Lipinski definition) is 3. The summed E-state index contributed by atoms with van der Waals surface area (Å²) >= 11 is 0. The molecule has 0 aliphatic rings. The van der Waals surface area contributed by atoms with Crippen molar-refractivity contribution in [2.24, 2.45) is 0 Å². The predicted octanol–water partition coefficient (Wildman–Crippen LogP) is 7.21. The van der Waals surface area contributed by atoms with Crippen molar-refractivity contribution in [2.75, 3.05) is 0 Å². The normalized spacial score (nSPS) is 12.5. The molecule has 0 spiro atoms. The van der Waals surface area contributed by atoms with Gasteiger partial charge in [-0.3, -0.25) is 0 Å². The minimum atomic E-state index is -1.15. The minimum absolute atomic E-state index is 0.186. The molecule has 1 unspecified atom stereocenters. The van der Waals surface area contributed by atoms with E-state index in [1.54, 1.807) is 12.1 Å². The highest BCUT2D eigenvalue weighted by atomic mass is 16.5. The van der Waals surface area contributed by atoms with Crippen molar-refractivity contribution in [3.8, 4) is 22.9 Å². The van der Waals surface area contributed by atoms with Crippen LogP contribution >= 0.6 is 0 Å². The third kappa shape index (κ3) is 5.76. The molecule has 4 heteroatoms. The van der Waals surface area contributed by atoms with E-state index >= 15 is 0 Å². The number of rotatable bonds is 11. The van der Waals surface area contributed by atoms with Crippen LogP contribution in [0.1, 0.15) is 61.4 Å². The van der Waals surface area contributed by atoms with Crippen LogP contribution in [0, 0.1) is 11.3 Å². The van der Waals surface area contributed by atoms with Crippen molar-refractivity contribution >= 4 is 5.97 Å². The Labute approximate surface area is 190 Å². The van der Waals surface area contributed by atoms with E-state index in [9.17, 15) is 10.1 Å². The second-order valence-corrected chi connectivity index (χ2v) is 7.98. The third-order valence-corrected chi connectivity index (χ3v) is 5.64. The Morgan fingerprint density at radius 1 is 0.906 bits per heavy atom. The van der Waals surface area contributed by atoms with E-state index in [2.05, 4.69) is 13.0 Å². The second-order valence-electron chi connectivity index (χ2n) is 7.98. The fraction of sp³-hybridized carbons (Fsp3) is 0.286. The van der Waals surface area contributed by atoms with Gasteiger partial charge in [-0.05, 0) is 47.9 Å². The largest absolute Gasteiger partial charge is 0.478 e. The van der Waals surface area contributed by atoms with E-state index < -0.39 is 11.6 Å². The number of ether oxygens (including phenoxy) is 1. The SMILES string of the molecule is CCCCCCCC(C#N)(Oc1ccc(C(=O)O)cc1)c1cccc(-c2ccccc2)c1. The van der Waals surface area contributed by atoms with Gasteiger partial charge < -0.3 is 9.84 Å². The number of carboxylic acid groups (broad SMARTS) is 1. The summed E-state index contributed by atoms with van der Waals surface area (Å²) in [6, 6.07) is 26.7. The van der Waals surface area contributed by atoms with Crippen molar-refractivity contribution in [3.63, 3.8) is 0 Å². The lowest BCUT2D eigenvalue weighted by Crippen LogP contribution is -2.31. The Morgan fingerprint density at radius 3 is 2.25 bits per heavy atom. The molecule has 164 valence electrons. The summed E-state index contributed by atoms with van der Waals surface area (Å²) in [4.78, 5) is 11.2. The highest BCUT2D eigenvalue weighted by Crippen LogP contribution is 2.35. The van der Waals surface area contributed by atoms with Crippen molar-refractivity contribution in [1.82, 2.24) is 0 Å². The summed E-state index contributed by atoms with van der Waals surface area (Å²) in [5.41, 5.74) is 1.94. The van der Waals surface area contributed by atoms with Gasteiger partial charge in [0, 0.05) is 12.0 Å². The molecule has 4 nitrogen and oxygen atoms in total. The van der Waals surface area contributed by atoms with E-state index in [4.69, 9.17) is 9.84 Å². The van der Waals surface area contributed by atoms with Crippen molar-refractivity contribution in [3.05, 3.63) is 90.0 Å². The Morgan fingerprint density at radius 2 is 1.59 bits per heavy atom. The Kier molecular flexibility index (Phi) is 8.05. The van der Waals surface area contributed by atoms with Gasteiger partial charge in [-0.15, -0.1) is 0 Å². The van der Waals surface area contributed by atoms with Crippen molar-refractivity contribution < 1.29 is 14.6 Å². The van der Waals surface area contributed by atoms with E-state index in [0.717, 1.165) is 42.4 Å². The Hall–Kier alpha value is -3.58. The summed E-state index contributed by atoms with van der Waals surface area (Å²) in [6.45, 7) is 2.18. The highest BCUT2D eigenvalue weighted by Gasteiger charge is 2.35. The van der Waals surface area contributed by atoms with Crippen LogP contribution in [0.4, 0.5) is 0 Å². The molecule has 0 aromatic heterocycles. The van der Waals surface area contributed by atoms with Gasteiger partial charge >= 0.3 is 5.97 Å². The maximum absolute atomic E-state index is 11.2. The molecule has 3 aromatic carbocycles. The van der Waals surface area contributed by atoms with Gasteiger partial charge in [0.15, 0.2) is 0 Å². The fourth-order valence-corrected chi connectivity index (χ4v) is 3.82. The van der Waals surface area contributed by atoms with Crippen LogP contribution in [0.25, 0.3) is 11.1 Å². The summed E-state index contributed by atoms with van der Waals surface area (Å²) < 4.78 is 6.32. The first-order valence-corrected chi connectivity index (χ1v) is 11.2. The number of nitrogens with zero attached hydrogens (tertiary/aromatic N) is 1. The maximum Gasteiger partial charge on any atom is 0.335 e. The zero-order valence-corrected chi connectivity index (χ0v) is 18.5. The van der Waals surface area contributed by atoms with Gasteiger partial charge in [0.2, 0.25) is 5.60 Å². The Balaban J connectivity index is 1.94. The van der Waals surface area contributed by atoms with Crippen molar-refractivity contribution in [2.45, 2.75) is 51.0 Å². The quantitative estimate of drug-likeness (QED) is 0.328. The fourth-order valence-electron chi connectivity index (χ4n) is 3.82. The molecule has 0 bridgehead atoms. The topological polar surface area (TPSA) is 70.3 Å². The molecule has 0 saturated heterocycles. The van der Waals surface area contributed by atoms with E-state index in [-0.39, 0.29) is 5.56 Å². The molecule has 32 heavy (non-hydrogen) atoms. The molecule has 0 saturated carbocycles.